The average molecular weight is 291 g/mol. The van der Waals surface area contributed by atoms with Gasteiger partial charge in [-0.25, -0.2) is 4.39 Å². The molecule has 0 bridgehead atoms. The molecule has 0 fully saturated rings. The SMILES string of the molecule is COc1cccc(OC)c1C(=O)Nc1ccc(O)c(F)c1. The lowest BCUT2D eigenvalue weighted by molar-refractivity contribution is 0.102. The van der Waals surface area contributed by atoms with Crippen molar-refractivity contribution >= 4 is 11.6 Å². The van der Waals surface area contributed by atoms with Crippen LogP contribution >= 0.6 is 0 Å². The van der Waals surface area contributed by atoms with Gasteiger partial charge >= 0.3 is 0 Å². The number of aromatic hydroxyl groups is 1. The summed E-state index contributed by atoms with van der Waals surface area (Å²) in [6.07, 6.45) is 0. The molecule has 0 saturated heterocycles. The van der Waals surface area contributed by atoms with Crippen LogP contribution in [0.3, 0.4) is 0 Å². The third-order valence-corrected chi connectivity index (χ3v) is 2.86. The summed E-state index contributed by atoms with van der Waals surface area (Å²) in [7, 11) is 2.87. The Morgan fingerprint density at radius 3 is 2.29 bits per heavy atom. The fraction of sp³-hybridized carbons (Fsp3) is 0.133. The maximum absolute atomic E-state index is 13.3. The van der Waals surface area contributed by atoms with Gasteiger partial charge in [0.05, 0.1) is 14.2 Å². The standard InChI is InChI=1S/C15H14FNO4/c1-20-12-4-3-5-13(21-2)14(12)15(19)17-9-6-7-11(18)10(16)8-9/h3-8,18H,1-2H3,(H,17,19). The van der Waals surface area contributed by atoms with E-state index in [1.54, 1.807) is 18.2 Å². The molecule has 0 heterocycles. The molecule has 110 valence electrons. The van der Waals surface area contributed by atoms with E-state index in [9.17, 15) is 9.18 Å². The summed E-state index contributed by atoms with van der Waals surface area (Å²) in [6.45, 7) is 0. The number of phenolic OH excluding ortho intramolecular Hbond substituents is 1. The molecular weight excluding hydrogens is 277 g/mol. The summed E-state index contributed by atoms with van der Waals surface area (Å²) in [5.74, 6) is -1.13. The van der Waals surface area contributed by atoms with Crippen LogP contribution in [-0.2, 0) is 0 Å². The highest BCUT2D eigenvalue weighted by molar-refractivity contribution is 6.08. The summed E-state index contributed by atoms with van der Waals surface area (Å²) in [4.78, 5) is 12.3. The van der Waals surface area contributed by atoms with Crippen LogP contribution in [-0.4, -0.2) is 25.2 Å². The number of ether oxygens (including phenoxy) is 2. The van der Waals surface area contributed by atoms with Gasteiger partial charge in [-0.2, -0.15) is 0 Å². The molecule has 2 N–H and O–H groups in total. The van der Waals surface area contributed by atoms with Crippen molar-refractivity contribution in [3.63, 3.8) is 0 Å². The molecule has 2 aromatic rings. The third kappa shape index (κ3) is 3.05. The second kappa shape index (κ2) is 6.13. The molecule has 0 spiro atoms. The minimum atomic E-state index is -0.820. The van der Waals surface area contributed by atoms with Crippen LogP contribution in [0.2, 0.25) is 0 Å². The van der Waals surface area contributed by atoms with Gasteiger partial charge in [0.2, 0.25) is 0 Å². The number of amides is 1. The number of hydrogen-bond donors (Lipinski definition) is 2. The number of anilines is 1. The number of methoxy groups -OCH3 is 2. The third-order valence-electron chi connectivity index (χ3n) is 2.86. The minimum absolute atomic E-state index is 0.205. The smallest absolute Gasteiger partial charge is 0.263 e. The molecule has 0 aliphatic carbocycles. The predicted octanol–water partition coefficient (Wildman–Crippen LogP) is 2.80. The minimum Gasteiger partial charge on any atom is -0.505 e. The molecule has 0 atom stereocenters. The molecular formula is C15H14FNO4. The molecule has 0 saturated carbocycles. The summed E-state index contributed by atoms with van der Waals surface area (Å²) >= 11 is 0. The van der Waals surface area contributed by atoms with Crippen LogP contribution in [0.15, 0.2) is 36.4 Å². The van der Waals surface area contributed by atoms with E-state index >= 15 is 0 Å². The Bertz CT molecular complexity index is 650. The first kappa shape index (κ1) is 14.6. The molecule has 1 amide bonds. The number of hydrogen-bond acceptors (Lipinski definition) is 4. The topological polar surface area (TPSA) is 67.8 Å². The van der Waals surface area contributed by atoms with Gasteiger partial charge in [0.25, 0.3) is 5.91 Å². The zero-order valence-corrected chi connectivity index (χ0v) is 11.5. The Balaban J connectivity index is 2.34. The van der Waals surface area contributed by atoms with Gasteiger partial charge in [0, 0.05) is 11.8 Å². The van der Waals surface area contributed by atoms with Gasteiger partial charge in [-0.05, 0) is 24.3 Å². The highest BCUT2D eigenvalue weighted by Gasteiger charge is 2.18. The largest absolute Gasteiger partial charge is 0.505 e. The monoisotopic (exact) mass is 291 g/mol. The Hall–Kier alpha value is -2.76. The van der Waals surface area contributed by atoms with Crippen molar-refractivity contribution in [3.8, 4) is 17.2 Å². The first-order valence-electron chi connectivity index (χ1n) is 6.07. The second-order valence-electron chi connectivity index (χ2n) is 4.16. The van der Waals surface area contributed by atoms with Crippen LogP contribution in [0.4, 0.5) is 10.1 Å². The van der Waals surface area contributed by atoms with E-state index < -0.39 is 17.5 Å². The number of phenols is 1. The first-order chi connectivity index (χ1) is 10.1. The Labute approximate surface area is 120 Å². The van der Waals surface area contributed by atoms with Gasteiger partial charge in [0.1, 0.15) is 17.1 Å². The Morgan fingerprint density at radius 1 is 1.14 bits per heavy atom. The second-order valence-corrected chi connectivity index (χ2v) is 4.16. The summed E-state index contributed by atoms with van der Waals surface area (Å²) in [6, 6.07) is 8.50. The molecule has 0 aliphatic heterocycles. The van der Waals surface area contributed by atoms with Crippen LogP contribution < -0.4 is 14.8 Å². The number of rotatable bonds is 4. The van der Waals surface area contributed by atoms with E-state index in [0.717, 1.165) is 12.1 Å². The van der Waals surface area contributed by atoms with E-state index in [2.05, 4.69) is 5.32 Å². The Morgan fingerprint density at radius 2 is 1.76 bits per heavy atom. The lowest BCUT2D eigenvalue weighted by Crippen LogP contribution is -2.14. The van der Waals surface area contributed by atoms with E-state index in [1.165, 1.54) is 20.3 Å². The summed E-state index contributed by atoms with van der Waals surface area (Å²) in [5.41, 5.74) is 0.416. The van der Waals surface area contributed by atoms with Gasteiger partial charge in [-0.3, -0.25) is 4.79 Å². The maximum atomic E-state index is 13.3. The lowest BCUT2D eigenvalue weighted by Gasteiger charge is -2.13. The zero-order chi connectivity index (χ0) is 15.4. The number of carbonyl (C=O) groups is 1. The van der Waals surface area contributed by atoms with Crippen LogP contribution in [0.25, 0.3) is 0 Å². The van der Waals surface area contributed by atoms with Crippen molar-refractivity contribution in [1.82, 2.24) is 0 Å². The quantitative estimate of drug-likeness (QED) is 0.850. The average Bonchev–Trinajstić information content (AvgIpc) is 2.49. The zero-order valence-electron chi connectivity index (χ0n) is 11.5. The fourth-order valence-corrected chi connectivity index (χ4v) is 1.85. The van der Waals surface area contributed by atoms with Gasteiger partial charge in [0.15, 0.2) is 11.6 Å². The van der Waals surface area contributed by atoms with Crippen molar-refractivity contribution in [2.75, 3.05) is 19.5 Å². The first-order valence-corrected chi connectivity index (χ1v) is 6.07. The number of halogens is 1. The normalized spacial score (nSPS) is 10.0. The molecule has 0 radical (unpaired) electrons. The van der Waals surface area contributed by atoms with Crippen LogP contribution in [0.1, 0.15) is 10.4 Å². The molecule has 0 aliphatic rings. The highest BCUT2D eigenvalue weighted by Crippen LogP contribution is 2.29. The van der Waals surface area contributed by atoms with E-state index in [4.69, 9.17) is 14.6 Å². The van der Waals surface area contributed by atoms with Crippen molar-refractivity contribution in [1.29, 1.82) is 0 Å². The maximum Gasteiger partial charge on any atom is 0.263 e. The summed E-state index contributed by atoms with van der Waals surface area (Å²) in [5, 5.41) is 11.7. The van der Waals surface area contributed by atoms with Gasteiger partial charge in [-0.1, -0.05) is 6.07 Å². The van der Waals surface area contributed by atoms with E-state index in [-0.39, 0.29) is 11.3 Å². The lowest BCUT2D eigenvalue weighted by atomic mass is 10.1. The van der Waals surface area contributed by atoms with E-state index in [0.29, 0.717) is 11.5 Å². The molecule has 21 heavy (non-hydrogen) atoms. The van der Waals surface area contributed by atoms with Crippen molar-refractivity contribution < 1.29 is 23.8 Å². The van der Waals surface area contributed by atoms with Gasteiger partial charge in [-0.15, -0.1) is 0 Å². The molecule has 2 rings (SSSR count). The van der Waals surface area contributed by atoms with E-state index in [1.807, 2.05) is 0 Å². The number of benzene rings is 2. The van der Waals surface area contributed by atoms with Crippen LogP contribution in [0.5, 0.6) is 17.2 Å². The molecule has 2 aromatic carbocycles. The van der Waals surface area contributed by atoms with Gasteiger partial charge < -0.3 is 19.9 Å². The molecule has 5 nitrogen and oxygen atoms in total. The summed E-state index contributed by atoms with van der Waals surface area (Å²) < 4.78 is 23.5. The molecule has 0 aromatic heterocycles. The van der Waals surface area contributed by atoms with Crippen molar-refractivity contribution in [2.24, 2.45) is 0 Å². The number of nitrogens with one attached hydrogen (secondary N) is 1. The fourth-order valence-electron chi connectivity index (χ4n) is 1.85. The van der Waals surface area contributed by atoms with Crippen molar-refractivity contribution in [2.45, 2.75) is 0 Å². The van der Waals surface area contributed by atoms with Crippen molar-refractivity contribution in [3.05, 3.63) is 47.8 Å². The number of carbonyl (C=O) groups excluding carboxylic acids is 1. The predicted molar refractivity (Wildman–Crippen MR) is 75.6 cm³/mol. The molecule has 0 unspecified atom stereocenters. The molecule has 6 heteroatoms. The Kier molecular flexibility index (Phi) is 4.27. The highest BCUT2D eigenvalue weighted by atomic mass is 19.1. The van der Waals surface area contributed by atoms with Crippen LogP contribution in [0, 0.1) is 5.82 Å².